The van der Waals surface area contributed by atoms with E-state index in [1.807, 2.05) is 6.92 Å². The van der Waals surface area contributed by atoms with E-state index in [2.05, 4.69) is 5.32 Å². The van der Waals surface area contributed by atoms with Gasteiger partial charge in [-0.3, -0.25) is 4.79 Å². The second-order valence-corrected chi connectivity index (χ2v) is 5.58. The molecule has 0 aromatic heterocycles. The summed E-state index contributed by atoms with van der Waals surface area (Å²) in [6.07, 6.45) is 0. The van der Waals surface area contributed by atoms with Crippen molar-refractivity contribution in [1.29, 1.82) is 0 Å². The molecule has 1 N–H and O–H groups in total. The summed E-state index contributed by atoms with van der Waals surface area (Å²) in [4.78, 5) is 12.3. The molecule has 0 saturated heterocycles. The molecule has 0 aliphatic carbocycles. The van der Waals surface area contributed by atoms with Crippen LogP contribution in [0.5, 0.6) is 17.2 Å². The van der Waals surface area contributed by atoms with Crippen molar-refractivity contribution in [2.45, 2.75) is 6.92 Å². The maximum Gasteiger partial charge on any atom is 0.258 e. The van der Waals surface area contributed by atoms with Crippen LogP contribution in [0.25, 0.3) is 0 Å². The van der Waals surface area contributed by atoms with Crippen molar-refractivity contribution in [2.24, 2.45) is 0 Å². The van der Waals surface area contributed by atoms with E-state index < -0.39 is 17.5 Å². The maximum atomic E-state index is 13.8. The number of hydrogen-bond donors (Lipinski definition) is 1. The number of amides is 1. The molecular weight excluding hydrogens is 352 g/mol. The molecule has 27 heavy (non-hydrogen) atoms. The van der Waals surface area contributed by atoms with Gasteiger partial charge < -0.3 is 14.8 Å². The van der Waals surface area contributed by atoms with Gasteiger partial charge in [0.1, 0.15) is 23.1 Å². The van der Waals surface area contributed by atoms with Gasteiger partial charge in [-0.2, -0.15) is 0 Å². The van der Waals surface area contributed by atoms with Crippen LogP contribution in [0.4, 0.5) is 14.5 Å². The summed E-state index contributed by atoms with van der Waals surface area (Å²) in [6, 6.07) is 16.6. The van der Waals surface area contributed by atoms with Crippen LogP contribution in [0.2, 0.25) is 0 Å². The lowest BCUT2D eigenvalue weighted by atomic mass is 10.2. The molecule has 0 aliphatic rings. The average Bonchev–Trinajstić information content (AvgIpc) is 2.65. The van der Waals surface area contributed by atoms with E-state index in [-0.39, 0.29) is 5.56 Å². The van der Waals surface area contributed by atoms with Gasteiger partial charge in [0.25, 0.3) is 5.91 Å². The van der Waals surface area contributed by atoms with Crippen molar-refractivity contribution >= 4 is 11.6 Å². The van der Waals surface area contributed by atoms with E-state index in [1.54, 1.807) is 48.5 Å². The Kier molecular flexibility index (Phi) is 5.66. The van der Waals surface area contributed by atoms with Crippen LogP contribution in [-0.2, 0) is 0 Å². The lowest BCUT2D eigenvalue weighted by Crippen LogP contribution is -2.14. The van der Waals surface area contributed by atoms with Crippen molar-refractivity contribution < 1.29 is 23.0 Å². The highest BCUT2D eigenvalue weighted by Crippen LogP contribution is 2.30. The molecule has 0 atom stereocenters. The summed E-state index contributed by atoms with van der Waals surface area (Å²) in [5, 5.41) is 2.59. The van der Waals surface area contributed by atoms with Crippen LogP contribution in [0.1, 0.15) is 17.3 Å². The predicted molar refractivity (Wildman–Crippen MR) is 98.4 cm³/mol. The molecule has 0 radical (unpaired) electrons. The molecular formula is C21H17F2NO3. The Morgan fingerprint density at radius 1 is 0.963 bits per heavy atom. The van der Waals surface area contributed by atoms with Crippen molar-refractivity contribution in [3.8, 4) is 17.2 Å². The smallest absolute Gasteiger partial charge is 0.258 e. The Labute approximate surface area is 155 Å². The molecule has 0 saturated carbocycles. The summed E-state index contributed by atoms with van der Waals surface area (Å²) in [7, 11) is 0. The Morgan fingerprint density at radius 2 is 1.67 bits per heavy atom. The van der Waals surface area contributed by atoms with E-state index in [0.717, 1.165) is 17.9 Å². The monoisotopic (exact) mass is 369 g/mol. The molecule has 138 valence electrons. The van der Waals surface area contributed by atoms with E-state index in [4.69, 9.17) is 9.47 Å². The molecule has 6 heteroatoms. The Hall–Kier alpha value is -3.41. The number of carbonyl (C=O) groups is 1. The third-order valence-electron chi connectivity index (χ3n) is 3.67. The molecule has 0 bridgehead atoms. The van der Waals surface area contributed by atoms with Crippen molar-refractivity contribution in [1.82, 2.24) is 0 Å². The molecule has 3 rings (SSSR count). The molecule has 3 aromatic rings. The summed E-state index contributed by atoms with van der Waals surface area (Å²) in [5.41, 5.74) is 0.104. The number of rotatable bonds is 6. The normalized spacial score (nSPS) is 10.3. The summed E-state index contributed by atoms with van der Waals surface area (Å²) in [5.74, 6) is -0.722. The lowest BCUT2D eigenvalue weighted by Gasteiger charge is -2.13. The zero-order valence-electron chi connectivity index (χ0n) is 14.5. The average molecular weight is 369 g/mol. The summed E-state index contributed by atoms with van der Waals surface area (Å²) < 4.78 is 38.0. The van der Waals surface area contributed by atoms with Gasteiger partial charge in [0.2, 0.25) is 0 Å². The topological polar surface area (TPSA) is 47.6 Å². The highest BCUT2D eigenvalue weighted by Gasteiger charge is 2.15. The zero-order chi connectivity index (χ0) is 19.2. The fourth-order valence-electron chi connectivity index (χ4n) is 2.42. The van der Waals surface area contributed by atoms with Crippen molar-refractivity contribution in [3.63, 3.8) is 0 Å². The minimum atomic E-state index is -0.933. The van der Waals surface area contributed by atoms with Crippen LogP contribution in [0, 0.1) is 11.6 Å². The van der Waals surface area contributed by atoms with E-state index in [0.29, 0.717) is 29.9 Å². The minimum Gasteiger partial charge on any atom is -0.494 e. The number of carbonyl (C=O) groups excluding carboxylic acids is 1. The minimum absolute atomic E-state index is 0.257. The second-order valence-electron chi connectivity index (χ2n) is 5.58. The van der Waals surface area contributed by atoms with E-state index in [9.17, 15) is 13.6 Å². The maximum absolute atomic E-state index is 13.8. The molecule has 3 aromatic carbocycles. The summed E-state index contributed by atoms with van der Waals surface area (Å²) >= 11 is 0. The first-order chi connectivity index (χ1) is 13.1. The number of para-hydroxylation sites is 2. The number of hydrogen-bond acceptors (Lipinski definition) is 3. The lowest BCUT2D eigenvalue weighted by molar-refractivity contribution is 0.102. The van der Waals surface area contributed by atoms with Gasteiger partial charge in [0.15, 0.2) is 5.75 Å². The number of benzene rings is 3. The quantitative estimate of drug-likeness (QED) is 0.632. The SMILES string of the molecule is CCOc1ccc(Oc2ccccc2NC(=O)c2ccc(F)cc2F)cc1. The number of halogens is 2. The predicted octanol–water partition coefficient (Wildman–Crippen LogP) is 5.41. The fraction of sp³-hybridized carbons (Fsp3) is 0.0952. The van der Waals surface area contributed by atoms with Gasteiger partial charge in [0.05, 0.1) is 17.9 Å². The standard InChI is InChI=1S/C21H17F2NO3/c1-2-26-15-8-10-16(11-9-15)27-20-6-4-3-5-19(20)24-21(25)17-12-7-14(22)13-18(17)23/h3-13H,2H2,1H3,(H,24,25). The van der Waals surface area contributed by atoms with E-state index >= 15 is 0 Å². The largest absolute Gasteiger partial charge is 0.494 e. The molecule has 0 aliphatic heterocycles. The molecule has 0 fully saturated rings. The van der Waals surface area contributed by atoms with E-state index in [1.165, 1.54) is 0 Å². The zero-order valence-corrected chi connectivity index (χ0v) is 14.5. The Balaban J connectivity index is 1.78. The van der Waals surface area contributed by atoms with Crippen LogP contribution >= 0.6 is 0 Å². The molecule has 0 heterocycles. The highest BCUT2D eigenvalue weighted by atomic mass is 19.1. The first kappa shape index (κ1) is 18.4. The van der Waals surface area contributed by atoms with Crippen LogP contribution in [0.15, 0.2) is 66.7 Å². The van der Waals surface area contributed by atoms with Gasteiger partial charge in [-0.1, -0.05) is 12.1 Å². The van der Waals surface area contributed by atoms with Crippen LogP contribution < -0.4 is 14.8 Å². The van der Waals surface area contributed by atoms with Gasteiger partial charge in [-0.25, -0.2) is 8.78 Å². The fourth-order valence-corrected chi connectivity index (χ4v) is 2.42. The van der Waals surface area contributed by atoms with Gasteiger partial charge in [-0.15, -0.1) is 0 Å². The van der Waals surface area contributed by atoms with Crippen LogP contribution in [-0.4, -0.2) is 12.5 Å². The first-order valence-electron chi connectivity index (χ1n) is 8.33. The van der Waals surface area contributed by atoms with Crippen molar-refractivity contribution in [2.75, 3.05) is 11.9 Å². The summed E-state index contributed by atoms with van der Waals surface area (Å²) in [6.45, 7) is 2.46. The van der Waals surface area contributed by atoms with Crippen LogP contribution in [0.3, 0.4) is 0 Å². The highest BCUT2D eigenvalue weighted by molar-refractivity contribution is 6.05. The van der Waals surface area contributed by atoms with Crippen molar-refractivity contribution in [3.05, 3.63) is 83.9 Å². The molecule has 1 amide bonds. The Morgan fingerprint density at radius 3 is 2.37 bits per heavy atom. The van der Waals surface area contributed by atoms with Gasteiger partial charge in [0, 0.05) is 6.07 Å². The Bertz CT molecular complexity index is 942. The van der Waals surface area contributed by atoms with Gasteiger partial charge in [-0.05, 0) is 55.5 Å². The number of ether oxygens (including phenoxy) is 2. The molecule has 0 unspecified atom stereocenters. The second kappa shape index (κ2) is 8.31. The third kappa shape index (κ3) is 4.61. The number of anilines is 1. The third-order valence-corrected chi connectivity index (χ3v) is 3.67. The first-order valence-corrected chi connectivity index (χ1v) is 8.33. The molecule has 0 spiro atoms. The van der Waals surface area contributed by atoms with Gasteiger partial charge >= 0.3 is 0 Å². The molecule has 4 nitrogen and oxygen atoms in total. The number of nitrogens with one attached hydrogen (secondary N) is 1.